The number of aryl methyl sites for hydroxylation is 2. The third-order valence-electron chi connectivity index (χ3n) is 4.89. The number of likely N-dealkylation sites (tertiary alicyclic amines) is 1. The smallest absolute Gasteiger partial charge is 0.177 e. The van der Waals surface area contributed by atoms with Crippen molar-refractivity contribution in [2.24, 2.45) is 5.92 Å². The van der Waals surface area contributed by atoms with Crippen LogP contribution in [0.5, 0.6) is 0 Å². The molecule has 0 N–H and O–H groups in total. The third kappa shape index (κ3) is 3.12. The molecule has 2 nitrogen and oxygen atoms in total. The maximum Gasteiger partial charge on any atom is 0.177 e. The van der Waals surface area contributed by atoms with E-state index in [1.807, 2.05) is 0 Å². The molecule has 0 atom stereocenters. The fourth-order valence-electron chi connectivity index (χ4n) is 3.14. The molecular formula is C18H27NO. The Labute approximate surface area is 123 Å². The Bertz CT molecular complexity index is 484. The molecule has 1 saturated heterocycles. The lowest BCUT2D eigenvalue weighted by atomic mass is 9.91. The van der Waals surface area contributed by atoms with Crippen LogP contribution in [0.3, 0.4) is 0 Å². The minimum absolute atomic E-state index is 0.293. The summed E-state index contributed by atoms with van der Waals surface area (Å²) in [6.07, 6.45) is 2.44. The molecule has 0 spiro atoms. The first-order valence-electron chi connectivity index (χ1n) is 7.73. The molecule has 0 amide bonds. The number of ketones is 1. The summed E-state index contributed by atoms with van der Waals surface area (Å²) in [5, 5.41) is 0. The van der Waals surface area contributed by atoms with Crippen molar-refractivity contribution in [1.82, 2.24) is 4.90 Å². The molecule has 0 bridgehead atoms. The van der Waals surface area contributed by atoms with Crippen LogP contribution >= 0.6 is 0 Å². The predicted molar refractivity (Wildman–Crippen MR) is 84.6 cm³/mol. The molecule has 0 radical (unpaired) electrons. The summed E-state index contributed by atoms with van der Waals surface area (Å²) in [7, 11) is 0. The summed E-state index contributed by atoms with van der Waals surface area (Å²) in [5.41, 5.74) is 5.72. The van der Waals surface area contributed by atoms with Crippen LogP contribution in [0.15, 0.2) is 6.07 Å². The highest BCUT2D eigenvalue weighted by Crippen LogP contribution is 2.23. The minimum atomic E-state index is 0.293. The van der Waals surface area contributed by atoms with Crippen LogP contribution in [-0.4, -0.2) is 30.3 Å². The van der Waals surface area contributed by atoms with Gasteiger partial charge < -0.3 is 0 Å². The zero-order chi connectivity index (χ0) is 14.9. The van der Waals surface area contributed by atoms with Crippen molar-refractivity contribution in [2.45, 2.75) is 47.5 Å². The molecule has 20 heavy (non-hydrogen) atoms. The van der Waals surface area contributed by atoms with E-state index < -0.39 is 0 Å². The van der Waals surface area contributed by atoms with Gasteiger partial charge in [-0.25, -0.2) is 0 Å². The summed E-state index contributed by atoms with van der Waals surface area (Å²) in [6, 6.07) is 2.18. The highest BCUT2D eigenvalue weighted by atomic mass is 16.1. The van der Waals surface area contributed by atoms with Gasteiger partial charge in [-0.2, -0.15) is 0 Å². The van der Waals surface area contributed by atoms with Crippen LogP contribution < -0.4 is 0 Å². The monoisotopic (exact) mass is 273 g/mol. The lowest BCUT2D eigenvalue weighted by Crippen LogP contribution is -2.37. The number of benzene rings is 1. The molecule has 1 fully saturated rings. The van der Waals surface area contributed by atoms with Gasteiger partial charge in [-0.3, -0.25) is 9.69 Å². The molecule has 0 saturated carbocycles. The fraction of sp³-hybridized carbons (Fsp3) is 0.611. The van der Waals surface area contributed by atoms with E-state index in [1.54, 1.807) is 0 Å². The molecule has 1 aliphatic rings. The van der Waals surface area contributed by atoms with Crippen molar-refractivity contribution >= 4 is 5.78 Å². The Kier molecular flexibility index (Phi) is 4.64. The van der Waals surface area contributed by atoms with Crippen molar-refractivity contribution in [1.29, 1.82) is 0 Å². The summed E-state index contributed by atoms with van der Waals surface area (Å²) in [4.78, 5) is 15.0. The van der Waals surface area contributed by atoms with E-state index in [2.05, 4.69) is 45.6 Å². The van der Waals surface area contributed by atoms with E-state index in [9.17, 15) is 4.79 Å². The number of carbonyl (C=O) groups is 1. The van der Waals surface area contributed by atoms with Crippen LogP contribution in [0.25, 0.3) is 0 Å². The normalized spacial score (nSPS) is 17.4. The molecular weight excluding hydrogens is 246 g/mol. The predicted octanol–water partition coefficient (Wildman–Crippen LogP) is 3.83. The van der Waals surface area contributed by atoms with Gasteiger partial charge in [0.05, 0.1) is 6.54 Å². The van der Waals surface area contributed by atoms with Crippen molar-refractivity contribution in [3.05, 3.63) is 33.9 Å². The van der Waals surface area contributed by atoms with Gasteiger partial charge in [0, 0.05) is 5.56 Å². The summed E-state index contributed by atoms with van der Waals surface area (Å²) < 4.78 is 0. The first kappa shape index (κ1) is 15.2. The van der Waals surface area contributed by atoms with E-state index >= 15 is 0 Å². The second kappa shape index (κ2) is 6.09. The fourth-order valence-corrected chi connectivity index (χ4v) is 3.14. The molecule has 2 heteroatoms. The lowest BCUT2D eigenvalue weighted by Gasteiger charge is -2.30. The van der Waals surface area contributed by atoms with E-state index in [4.69, 9.17) is 0 Å². The number of rotatable bonds is 3. The van der Waals surface area contributed by atoms with E-state index in [0.717, 1.165) is 35.7 Å². The molecule has 1 heterocycles. The summed E-state index contributed by atoms with van der Waals surface area (Å²) in [5.74, 6) is 1.10. The molecule has 2 rings (SSSR count). The summed E-state index contributed by atoms with van der Waals surface area (Å²) >= 11 is 0. The third-order valence-corrected chi connectivity index (χ3v) is 4.89. The largest absolute Gasteiger partial charge is 0.296 e. The van der Waals surface area contributed by atoms with Crippen molar-refractivity contribution in [2.75, 3.05) is 19.6 Å². The molecule has 1 aromatic rings. The van der Waals surface area contributed by atoms with Crippen LogP contribution in [-0.2, 0) is 0 Å². The number of carbonyl (C=O) groups excluding carboxylic acids is 1. The molecule has 1 aromatic carbocycles. The molecule has 0 aliphatic carbocycles. The average molecular weight is 273 g/mol. The van der Waals surface area contributed by atoms with Crippen molar-refractivity contribution < 1.29 is 4.79 Å². The van der Waals surface area contributed by atoms with Gasteiger partial charge in [-0.05, 0) is 81.8 Å². The SMILES string of the molecule is Cc1cc(C)c(C)c(C(=O)CN2CCC(C)CC2)c1C. The number of Topliss-reactive ketones (excluding diaryl/α,β-unsaturated/α-hetero) is 1. The Morgan fingerprint density at radius 2 is 1.60 bits per heavy atom. The number of hydrogen-bond donors (Lipinski definition) is 0. The summed E-state index contributed by atoms with van der Waals surface area (Å²) in [6.45, 7) is 13.4. The Balaban J connectivity index is 2.17. The Morgan fingerprint density at radius 1 is 1.10 bits per heavy atom. The van der Waals surface area contributed by atoms with Gasteiger partial charge in [-0.1, -0.05) is 13.0 Å². The average Bonchev–Trinajstić information content (AvgIpc) is 2.39. The zero-order valence-electron chi connectivity index (χ0n) is 13.5. The highest BCUT2D eigenvalue weighted by molar-refractivity contribution is 6.00. The first-order chi connectivity index (χ1) is 9.40. The first-order valence-corrected chi connectivity index (χ1v) is 7.73. The second-order valence-electron chi connectivity index (χ2n) is 6.52. The van der Waals surface area contributed by atoms with Gasteiger partial charge >= 0.3 is 0 Å². The van der Waals surface area contributed by atoms with Crippen LogP contribution in [0, 0.1) is 33.6 Å². The second-order valence-corrected chi connectivity index (χ2v) is 6.52. The topological polar surface area (TPSA) is 20.3 Å². The highest BCUT2D eigenvalue weighted by Gasteiger charge is 2.21. The number of nitrogens with zero attached hydrogens (tertiary/aromatic N) is 1. The van der Waals surface area contributed by atoms with E-state index in [0.29, 0.717) is 12.3 Å². The zero-order valence-corrected chi connectivity index (χ0v) is 13.5. The Hall–Kier alpha value is -1.15. The number of piperidine rings is 1. The number of hydrogen-bond acceptors (Lipinski definition) is 2. The van der Waals surface area contributed by atoms with Crippen LogP contribution in [0.1, 0.15) is 52.4 Å². The minimum Gasteiger partial charge on any atom is -0.296 e. The van der Waals surface area contributed by atoms with Crippen molar-refractivity contribution in [3.63, 3.8) is 0 Å². The van der Waals surface area contributed by atoms with Crippen LogP contribution in [0.2, 0.25) is 0 Å². The van der Waals surface area contributed by atoms with Gasteiger partial charge in [0.1, 0.15) is 0 Å². The van der Waals surface area contributed by atoms with Crippen molar-refractivity contribution in [3.8, 4) is 0 Å². The van der Waals surface area contributed by atoms with Crippen LogP contribution in [0.4, 0.5) is 0 Å². The van der Waals surface area contributed by atoms with E-state index in [1.165, 1.54) is 24.0 Å². The molecule has 0 unspecified atom stereocenters. The Morgan fingerprint density at radius 3 is 2.10 bits per heavy atom. The molecule has 0 aromatic heterocycles. The standard InChI is InChI=1S/C18H27NO/c1-12-6-8-19(9-7-12)11-17(20)18-15(4)13(2)10-14(3)16(18)5/h10,12H,6-9,11H2,1-5H3. The van der Waals surface area contributed by atoms with Gasteiger partial charge in [0.25, 0.3) is 0 Å². The quantitative estimate of drug-likeness (QED) is 0.780. The maximum atomic E-state index is 12.7. The van der Waals surface area contributed by atoms with Gasteiger partial charge in [0.2, 0.25) is 0 Å². The lowest BCUT2D eigenvalue weighted by molar-refractivity contribution is 0.0898. The van der Waals surface area contributed by atoms with Gasteiger partial charge in [-0.15, -0.1) is 0 Å². The van der Waals surface area contributed by atoms with E-state index in [-0.39, 0.29) is 0 Å². The molecule has 110 valence electrons. The van der Waals surface area contributed by atoms with Gasteiger partial charge in [0.15, 0.2) is 5.78 Å². The molecule has 1 aliphatic heterocycles. The maximum absolute atomic E-state index is 12.7.